The van der Waals surface area contributed by atoms with Crippen LogP contribution >= 0.6 is 0 Å². The van der Waals surface area contributed by atoms with Crippen LogP contribution in [0.25, 0.3) is 11.1 Å². The largest absolute Gasteiger partial charge is 0.481 e. The summed E-state index contributed by atoms with van der Waals surface area (Å²) in [5.74, 6) is -0.616. The monoisotopic (exact) mass is 478 g/mol. The summed E-state index contributed by atoms with van der Waals surface area (Å²) in [5.41, 5.74) is 4.67. The lowest BCUT2D eigenvalue weighted by atomic mass is 9.73. The number of ether oxygens (including phenoxy) is 1. The smallest absolute Gasteiger partial charge is 0.407 e. The Kier molecular flexibility index (Phi) is 8.06. The van der Waals surface area contributed by atoms with Gasteiger partial charge in [-0.25, -0.2) is 4.79 Å². The Balaban J connectivity index is 1.23. The highest BCUT2D eigenvalue weighted by molar-refractivity contribution is 5.80. The van der Waals surface area contributed by atoms with E-state index < -0.39 is 12.1 Å². The Morgan fingerprint density at radius 3 is 2.20 bits per heavy atom. The van der Waals surface area contributed by atoms with Crippen LogP contribution in [0.15, 0.2) is 48.5 Å². The van der Waals surface area contributed by atoms with Crippen LogP contribution in [-0.4, -0.2) is 42.8 Å². The predicted molar refractivity (Wildman–Crippen MR) is 133 cm³/mol. The third-order valence-corrected chi connectivity index (χ3v) is 7.21. The number of fused-ring (bicyclic) bond motifs is 3. The highest BCUT2D eigenvalue weighted by atomic mass is 16.5. The number of hydrogen-bond acceptors (Lipinski definition) is 4. The van der Waals surface area contributed by atoms with Crippen LogP contribution in [0.5, 0.6) is 0 Å². The average Bonchev–Trinajstić information content (AvgIpc) is 3.15. The molecule has 3 N–H and O–H groups in total. The second-order valence-corrected chi connectivity index (χ2v) is 9.74. The van der Waals surface area contributed by atoms with Gasteiger partial charge >= 0.3 is 12.1 Å². The maximum absolute atomic E-state index is 12.7. The van der Waals surface area contributed by atoms with Crippen molar-refractivity contribution in [3.8, 4) is 11.1 Å². The van der Waals surface area contributed by atoms with Crippen LogP contribution in [0.2, 0.25) is 0 Å². The van der Waals surface area contributed by atoms with Crippen LogP contribution in [0.3, 0.4) is 0 Å². The van der Waals surface area contributed by atoms with E-state index in [0.29, 0.717) is 18.9 Å². The minimum atomic E-state index is -0.764. The van der Waals surface area contributed by atoms with Gasteiger partial charge < -0.3 is 20.5 Å². The number of carboxylic acids is 1. The molecule has 1 atom stereocenters. The molecule has 0 spiro atoms. The number of amides is 2. The van der Waals surface area contributed by atoms with Crippen molar-refractivity contribution in [1.29, 1.82) is 0 Å². The van der Waals surface area contributed by atoms with Gasteiger partial charge in [0.15, 0.2) is 0 Å². The molecule has 0 aromatic heterocycles. The van der Waals surface area contributed by atoms with E-state index in [4.69, 9.17) is 9.84 Å². The van der Waals surface area contributed by atoms with Gasteiger partial charge in [0, 0.05) is 25.4 Å². The number of carbonyl (C=O) groups is 3. The number of nitrogens with one attached hydrogen (secondary N) is 2. The van der Waals surface area contributed by atoms with E-state index in [1.165, 1.54) is 11.1 Å². The first-order valence-electron chi connectivity index (χ1n) is 12.5. The van der Waals surface area contributed by atoms with Gasteiger partial charge in [-0.05, 0) is 53.4 Å². The lowest BCUT2D eigenvalue weighted by molar-refractivity contribution is -0.139. The van der Waals surface area contributed by atoms with E-state index in [1.54, 1.807) is 0 Å². The standard InChI is InChI=1S/C28H34N2O5/c1-2-7-20(27(33)29-15-19-12-18(13-19)14-26(31)32)16-30-28(34)35-17-25-23-10-5-3-8-21(23)22-9-4-6-11-24(22)25/h3-6,8-11,18-20,25H,2,7,12-17H2,1H3,(H,29,33)(H,30,34)(H,31,32). The van der Waals surface area contributed by atoms with E-state index in [2.05, 4.69) is 34.9 Å². The molecule has 186 valence electrons. The van der Waals surface area contributed by atoms with E-state index in [0.717, 1.165) is 30.4 Å². The Labute approximate surface area is 206 Å². The van der Waals surface area contributed by atoms with Gasteiger partial charge in [-0.15, -0.1) is 0 Å². The molecular formula is C28H34N2O5. The van der Waals surface area contributed by atoms with Gasteiger partial charge in [0.05, 0.1) is 5.92 Å². The predicted octanol–water partition coefficient (Wildman–Crippen LogP) is 4.56. The summed E-state index contributed by atoms with van der Waals surface area (Å²) < 4.78 is 5.59. The van der Waals surface area contributed by atoms with Crippen molar-refractivity contribution < 1.29 is 24.2 Å². The van der Waals surface area contributed by atoms with Gasteiger partial charge in [0.25, 0.3) is 0 Å². The molecule has 2 aliphatic carbocycles. The van der Waals surface area contributed by atoms with Gasteiger partial charge in [-0.1, -0.05) is 61.9 Å². The fourth-order valence-electron chi connectivity index (χ4n) is 5.37. The van der Waals surface area contributed by atoms with Crippen LogP contribution in [0.4, 0.5) is 4.79 Å². The number of carboxylic acid groups (broad SMARTS) is 1. The summed E-state index contributed by atoms with van der Waals surface area (Å²) in [6.07, 6.45) is 2.85. The molecule has 1 unspecified atom stereocenters. The van der Waals surface area contributed by atoms with Gasteiger partial charge in [0.2, 0.25) is 5.91 Å². The quantitative estimate of drug-likeness (QED) is 0.439. The Morgan fingerprint density at radius 2 is 1.60 bits per heavy atom. The normalized spacial score (nSPS) is 19.1. The van der Waals surface area contributed by atoms with Crippen molar-refractivity contribution in [2.75, 3.05) is 19.7 Å². The fraction of sp³-hybridized carbons (Fsp3) is 0.464. The van der Waals surface area contributed by atoms with Crippen LogP contribution in [0.1, 0.15) is 56.1 Å². The van der Waals surface area contributed by atoms with Gasteiger partial charge in [-0.2, -0.15) is 0 Å². The summed E-state index contributed by atoms with van der Waals surface area (Å²) in [7, 11) is 0. The number of benzene rings is 2. The molecule has 0 bridgehead atoms. The fourth-order valence-corrected chi connectivity index (χ4v) is 5.37. The molecule has 2 aliphatic rings. The molecule has 1 fully saturated rings. The summed E-state index contributed by atoms with van der Waals surface area (Å²) in [4.78, 5) is 36.0. The van der Waals surface area contributed by atoms with Crippen LogP contribution < -0.4 is 10.6 Å². The molecule has 2 aromatic rings. The topological polar surface area (TPSA) is 105 Å². The SMILES string of the molecule is CCCC(CNC(=O)OCC1c2ccccc2-c2ccccc21)C(=O)NCC1CC(CC(=O)O)C1. The van der Waals surface area contributed by atoms with Crippen molar-refractivity contribution >= 4 is 18.0 Å². The lowest BCUT2D eigenvalue weighted by Gasteiger charge is -2.34. The zero-order valence-corrected chi connectivity index (χ0v) is 20.2. The molecule has 0 radical (unpaired) electrons. The number of aliphatic carboxylic acids is 1. The van der Waals surface area contributed by atoms with Crippen LogP contribution in [0, 0.1) is 17.8 Å². The van der Waals surface area contributed by atoms with E-state index >= 15 is 0 Å². The first-order valence-corrected chi connectivity index (χ1v) is 12.5. The number of hydrogen-bond donors (Lipinski definition) is 3. The Hall–Kier alpha value is -3.35. The van der Waals surface area contributed by atoms with Crippen molar-refractivity contribution in [2.45, 2.75) is 44.9 Å². The Bertz CT molecular complexity index is 1020. The minimum absolute atomic E-state index is 0.00434. The first-order chi connectivity index (χ1) is 17.0. The number of alkyl carbamates (subject to hydrolysis) is 1. The second kappa shape index (κ2) is 11.4. The molecule has 2 amide bonds. The van der Waals surface area contributed by atoms with Crippen molar-refractivity contribution in [3.63, 3.8) is 0 Å². The first kappa shape index (κ1) is 24.8. The van der Waals surface area contributed by atoms with Gasteiger partial charge in [0.1, 0.15) is 6.61 Å². The maximum Gasteiger partial charge on any atom is 0.407 e. The summed E-state index contributed by atoms with van der Waals surface area (Å²) in [6.45, 7) is 3.03. The lowest BCUT2D eigenvalue weighted by Crippen LogP contribution is -2.42. The van der Waals surface area contributed by atoms with Crippen molar-refractivity contribution in [1.82, 2.24) is 10.6 Å². The molecule has 1 saturated carbocycles. The molecule has 0 heterocycles. The molecule has 7 heteroatoms. The van der Waals surface area contributed by atoms with Crippen molar-refractivity contribution in [3.05, 3.63) is 59.7 Å². The Morgan fingerprint density at radius 1 is 0.971 bits per heavy atom. The van der Waals surface area contributed by atoms with E-state index in [-0.39, 0.29) is 43.2 Å². The van der Waals surface area contributed by atoms with E-state index in [9.17, 15) is 14.4 Å². The third-order valence-electron chi connectivity index (χ3n) is 7.21. The van der Waals surface area contributed by atoms with E-state index in [1.807, 2.05) is 31.2 Å². The zero-order valence-electron chi connectivity index (χ0n) is 20.2. The number of carbonyl (C=O) groups excluding carboxylic acids is 2. The average molecular weight is 479 g/mol. The van der Waals surface area contributed by atoms with Gasteiger partial charge in [-0.3, -0.25) is 9.59 Å². The summed E-state index contributed by atoms with van der Waals surface area (Å²) in [6, 6.07) is 16.4. The molecule has 35 heavy (non-hydrogen) atoms. The minimum Gasteiger partial charge on any atom is -0.481 e. The highest BCUT2D eigenvalue weighted by Gasteiger charge is 2.32. The molecule has 4 rings (SSSR count). The molecule has 2 aromatic carbocycles. The molecule has 0 aliphatic heterocycles. The summed E-state index contributed by atoms with van der Waals surface area (Å²) >= 11 is 0. The number of rotatable bonds is 11. The molecule has 0 saturated heterocycles. The molecule has 7 nitrogen and oxygen atoms in total. The maximum atomic E-state index is 12.7. The zero-order chi connectivity index (χ0) is 24.8. The highest BCUT2D eigenvalue weighted by Crippen LogP contribution is 2.44. The third kappa shape index (κ3) is 6.02. The van der Waals surface area contributed by atoms with Crippen molar-refractivity contribution in [2.24, 2.45) is 17.8 Å². The summed E-state index contributed by atoms with van der Waals surface area (Å²) in [5, 5.41) is 14.6. The second-order valence-electron chi connectivity index (χ2n) is 9.74. The van der Waals surface area contributed by atoms with Crippen LogP contribution in [-0.2, 0) is 14.3 Å². The molecular weight excluding hydrogens is 444 g/mol.